The molecule has 5 nitrogen and oxygen atoms in total. The maximum atomic E-state index is 12.1. The lowest BCUT2D eigenvalue weighted by Gasteiger charge is -2.07. The minimum absolute atomic E-state index is 0.173. The van der Waals surface area contributed by atoms with Crippen molar-refractivity contribution in [2.45, 2.75) is 6.10 Å². The molecule has 3 rings (SSSR count). The van der Waals surface area contributed by atoms with Gasteiger partial charge in [-0.2, -0.15) is 5.10 Å². The zero-order valence-corrected chi connectivity index (χ0v) is 11.3. The number of carbonyl (C=O) groups excluding carboxylic acids is 1. The van der Waals surface area contributed by atoms with Gasteiger partial charge < -0.3 is 9.84 Å². The van der Waals surface area contributed by atoms with Gasteiger partial charge in [-0.3, -0.25) is 4.68 Å². The van der Waals surface area contributed by atoms with Gasteiger partial charge in [0.05, 0.1) is 11.2 Å². The van der Waals surface area contributed by atoms with E-state index in [1.165, 1.54) is 17.0 Å². The van der Waals surface area contributed by atoms with Crippen molar-refractivity contribution < 1.29 is 14.6 Å². The lowest BCUT2D eigenvalue weighted by Crippen LogP contribution is -2.10. The third-order valence-electron chi connectivity index (χ3n) is 3.14. The van der Waals surface area contributed by atoms with Crippen LogP contribution in [0.4, 0.5) is 0 Å². The number of aromatic nitrogens is 2. The number of rotatable bonds is 2. The first-order valence-corrected chi connectivity index (χ1v) is 6.34. The predicted molar refractivity (Wildman–Crippen MR) is 73.0 cm³/mol. The molecule has 0 radical (unpaired) electrons. The zero-order valence-electron chi connectivity index (χ0n) is 10.6. The quantitative estimate of drug-likeness (QED) is 0.862. The summed E-state index contributed by atoms with van der Waals surface area (Å²) in [5.74, 6) is -0.277. The molecule has 0 spiro atoms. The highest BCUT2D eigenvalue weighted by Crippen LogP contribution is 2.35. The van der Waals surface area contributed by atoms with Gasteiger partial charge in [0, 0.05) is 12.6 Å². The Morgan fingerprint density at radius 1 is 1.45 bits per heavy atom. The number of aliphatic hydroxyl groups is 1. The second-order valence-corrected chi connectivity index (χ2v) is 4.82. The summed E-state index contributed by atoms with van der Waals surface area (Å²) < 4.78 is 6.68. The molecular formula is C14H11ClN2O3. The molecule has 0 saturated heterocycles. The van der Waals surface area contributed by atoms with Crippen molar-refractivity contribution in [3.05, 3.63) is 58.4 Å². The lowest BCUT2D eigenvalue weighted by molar-refractivity contribution is 0.0680. The zero-order chi connectivity index (χ0) is 14.3. The number of esters is 1. The van der Waals surface area contributed by atoms with Gasteiger partial charge in [-0.1, -0.05) is 35.9 Å². The molecule has 0 aliphatic heterocycles. The molecule has 0 saturated carbocycles. The van der Waals surface area contributed by atoms with Gasteiger partial charge >= 0.3 is 5.97 Å². The predicted octanol–water partition coefficient (Wildman–Crippen LogP) is 2.32. The van der Waals surface area contributed by atoms with Crippen molar-refractivity contribution in [2.75, 3.05) is 0 Å². The van der Waals surface area contributed by atoms with Crippen LogP contribution in [0.2, 0.25) is 5.02 Å². The van der Waals surface area contributed by atoms with Crippen molar-refractivity contribution in [3.63, 3.8) is 0 Å². The van der Waals surface area contributed by atoms with Crippen molar-refractivity contribution in [1.29, 1.82) is 0 Å². The van der Waals surface area contributed by atoms with E-state index in [9.17, 15) is 9.90 Å². The van der Waals surface area contributed by atoms with E-state index >= 15 is 0 Å². The van der Waals surface area contributed by atoms with Crippen molar-refractivity contribution >= 4 is 23.3 Å². The largest absolute Gasteiger partial charge is 0.421 e. The Kier molecular flexibility index (Phi) is 3.08. The minimum atomic E-state index is -0.768. The van der Waals surface area contributed by atoms with Crippen LogP contribution in [0.3, 0.4) is 0 Å². The Labute approximate surface area is 120 Å². The van der Waals surface area contributed by atoms with Crippen molar-refractivity contribution in [2.24, 2.45) is 7.05 Å². The maximum absolute atomic E-state index is 12.1. The number of hydrogen-bond acceptors (Lipinski definition) is 4. The first-order valence-electron chi connectivity index (χ1n) is 5.97. The molecule has 2 aromatic rings. The molecular weight excluding hydrogens is 280 g/mol. The molecule has 1 heterocycles. The summed E-state index contributed by atoms with van der Waals surface area (Å²) in [4.78, 5) is 12.1. The van der Waals surface area contributed by atoms with Crippen molar-refractivity contribution in [3.8, 4) is 0 Å². The molecule has 1 aromatic carbocycles. The van der Waals surface area contributed by atoms with Gasteiger partial charge in [0.1, 0.15) is 11.9 Å². The van der Waals surface area contributed by atoms with Gasteiger partial charge in [0.15, 0.2) is 5.69 Å². The van der Waals surface area contributed by atoms with E-state index in [4.69, 9.17) is 16.3 Å². The highest BCUT2D eigenvalue weighted by atomic mass is 35.5. The highest BCUT2D eigenvalue weighted by molar-refractivity contribution is 6.33. The number of benzene rings is 1. The normalized spacial score (nSPS) is 16.8. The molecule has 1 aliphatic carbocycles. The second-order valence-electron chi connectivity index (χ2n) is 4.42. The molecule has 1 aromatic heterocycles. The number of hydrogen-bond donors (Lipinski definition) is 1. The van der Waals surface area contributed by atoms with E-state index in [-0.39, 0.29) is 10.7 Å². The maximum Gasteiger partial charge on any atom is 0.363 e. The highest BCUT2D eigenvalue weighted by Gasteiger charge is 2.26. The fourth-order valence-electron chi connectivity index (χ4n) is 2.18. The average Bonchev–Trinajstić information content (AvgIpc) is 2.92. The van der Waals surface area contributed by atoms with Crippen LogP contribution in [0.15, 0.2) is 36.5 Å². The molecule has 1 aliphatic rings. The average molecular weight is 291 g/mol. The monoisotopic (exact) mass is 290 g/mol. The lowest BCUT2D eigenvalue weighted by atomic mass is 10.1. The topological polar surface area (TPSA) is 64.4 Å². The number of halogens is 1. The summed E-state index contributed by atoms with van der Waals surface area (Å²) in [5, 5.41) is 14.0. The molecule has 1 unspecified atom stereocenters. The fourth-order valence-corrected chi connectivity index (χ4v) is 2.42. The molecule has 1 atom stereocenters. The van der Waals surface area contributed by atoms with Crippen LogP contribution in [0.1, 0.15) is 27.7 Å². The van der Waals surface area contributed by atoms with Crippen LogP contribution < -0.4 is 0 Å². The summed E-state index contributed by atoms with van der Waals surface area (Å²) in [7, 11) is 1.61. The molecule has 0 fully saturated rings. The second kappa shape index (κ2) is 4.77. The Balaban J connectivity index is 1.90. The fraction of sp³-hybridized carbons (Fsp3) is 0.143. The standard InChI is InChI=1S/C14H11ClN2O3/c1-17-13(10(15)7-16-17)14(19)20-12-6-11(18)8-4-2-3-5-9(8)12/h2-7,11,18H,1H3. The van der Waals surface area contributed by atoms with Crippen LogP contribution in [0, 0.1) is 0 Å². The van der Waals surface area contributed by atoms with E-state index in [1.54, 1.807) is 19.2 Å². The summed E-state index contributed by atoms with van der Waals surface area (Å²) in [6.07, 6.45) is 2.10. The summed E-state index contributed by atoms with van der Waals surface area (Å²) in [6.45, 7) is 0. The van der Waals surface area contributed by atoms with E-state index in [2.05, 4.69) is 5.10 Å². The van der Waals surface area contributed by atoms with Crippen LogP contribution in [-0.2, 0) is 11.8 Å². The number of fused-ring (bicyclic) bond motifs is 1. The molecule has 0 amide bonds. The van der Waals surface area contributed by atoms with E-state index in [1.807, 2.05) is 12.1 Å². The Morgan fingerprint density at radius 2 is 2.20 bits per heavy atom. The number of ether oxygens (including phenoxy) is 1. The summed E-state index contributed by atoms with van der Waals surface area (Å²) in [6, 6.07) is 7.21. The third-order valence-corrected chi connectivity index (χ3v) is 3.42. The minimum Gasteiger partial charge on any atom is -0.421 e. The van der Waals surface area contributed by atoms with Crippen LogP contribution in [-0.4, -0.2) is 20.9 Å². The third kappa shape index (κ3) is 2.01. The molecule has 0 bridgehead atoms. The summed E-state index contributed by atoms with van der Waals surface area (Å²) in [5.41, 5.74) is 1.59. The first-order chi connectivity index (χ1) is 9.58. The van der Waals surface area contributed by atoms with Crippen LogP contribution >= 0.6 is 11.6 Å². The molecule has 20 heavy (non-hydrogen) atoms. The molecule has 1 N–H and O–H groups in total. The van der Waals surface area contributed by atoms with Gasteiger partial charge in [0.2, 0.25) is 0 Å². The Bertz CT molecular complexity index is 701. The van der Waals surface area contributed by atoms with E-state index < -0.39 is 12.1 Å². The van der Waals surface area contributed by atoms with E-state index in [0.717, 1.165) is 0 Å². The van der Waals surface area contributed by atoms with Crippen LogP contribution in [0.25, 0.3) is 5.76 Å². The van der Waals surface area contributed by atoms with Crippen molar-refractivity contribution in [1.82, 2.24) is 9.78 Å². The van der Waals surface area contributed by atoms with Gasteiger partial charge in [-0.15, -0.1) is 0 Å². The number of aliphatic hydroxyl groups excluding tert-OH is 1. The number of nitrogens with zero attached hydrogens (tertiary/aromatic N) is 2. The molecule has 6 heteroatoms. The Hall–Kier alpha value is -2.11. The molecule has 102 valence electrons. The van der Waals surface area contributed by atoms with E-state index in [0.29, 0.717) is 16.9 Å². The Morgan fingerprint density at radius 3 is 2.90 bits per heavy atom. The first kappa shape index (κ1) is 12.9. The SMILES string of the molecule is Cn1ncc(Cl)c1C(=O)OC1=CC(O)c2ccccc21. The van der Waals surface area contributed by atoms with Gasteiger partial charge in [-0.05, 0) is 11.6 Å². The van der Waals surface area contributed by atoms with Gasteiger partial charge in [-0.25, -0.2) is 4.79 Å². The number of aryl methyl sites for hydroxylation is 1. The smallest absolute Gasteiger partial charge is 0.363 e. The summed E-state index contributed by atoms with van der Waals surface area (Å²) >= 11 is 5.90. The van der Waals surface area contributed by atoms with Crippen LogP contribution in [0.5, 0.6) is 0 Å². The number of carbonyl (C=O) groups is 1. The van der Waals surface area contributed by atoms with Gasteiger partial charge in [0.25, 0.3) is 0 Å².